The summed E-state index contributed by atoms with van der Waals surface area (Å²) < 4.78 is 12.7. The second kappa shape index (κ2) is 8.76. The molecule has 2 aliphatic rings. The van der Waals surface area contributed by atoms with Crippen molar-refractivity contribution in [3.8, 4) is 0 Å². The molecule has 3 atom stereocenters. The molecule has 2 saturated heterocycles. The minimum Gasteiger partial charge on any atom is -0.388 e. The summed E-state index contributed by atoms with van der Waals surface area (Å²) in [6.07, 6.45) is 0.782. The lowest BCUT2D eigenvalue weighted by atomic mass is 10.1. The topological polar surface area (TPSA) is 114 Å². The third-order valence-corrected chi connectivity index (χ3v) is 4.46. The molecule has 1 aromatic rings. The predicted octanol–water partition coefficient (Wildman–Crippen LogP) is -1.05. The molecular weight excluding hydrogens is 340 g/mol. The first kappa shape index (κ1) is 19.0. The van der Waals surface area contributed by atoms with E-state index in [2.05, 4.69) is 25.8 Å². The van der Waals surface area contributed by atoms with E-state index in [0.29, 0.717) is 6.54 Å². The van der Waals surface area contributed by atoms with Crippen molar-refractivity contribution < 1.29 is 19.4 Å². The minimum absolute atomic E-state index is 0.0194. The number of carbonyl (C=O) groups is 1. The number of aliphatic hydroxyl groups excluding tert-OH is 1. The Labute approximate surface area is 152 Å². The third-order valence-electron chi connectivity index (χ3n) is 4.46. The molecule has 0 saturated carbocycles. The summed E-state index contributed by atoms with van der Waals surface area (Å²) in [6, 6.07) is -0.780. The number of rotatable bonds is 6. The minimum atomic E-state index is -0.741. The van der Waals surface area contributed by atoms with Crippen LogP contribution in [-0.4, -0.2) is 88.2 Å². The number of urea groups is 1. The molecule has 10 nitrogen and oxygen atoms in total. The Morgan fingerprint density at radius 2 is 2.19 bits per heavy atom. The highest BCUT2D eigenvalue weighted by molar-refractivity contribution is 5.74. The summed E-state index contributed by atoms with van der Waals surface area (Å²) in [4.78, 5) is 14.2. The van der Waals surface area contributed by atoms with Crippen molar-refractivity contribution in [1.29, 1.82) is 0 Å². The van der Waals surface area contributed by atoms with Gasteiger partial charge in [0.2, 0.25) is 0 Å². The molecule has 3 heterocycles. The van der Waals surface area contributed by atoms with Gasteiger partial charge in [-0.15, -0.1) is 5.10 Å². The SMILES string of the molecule is CC(C)NC(=O)N[C@@H]1[C@@H](O)CO[C@@H]1Cn1cc(CN2CCOCC2)nn1. The molecule has 0 spiro atoms. The number of nitrogens with zero attached hydrogens (tertiary/aromatic N) is 4. The molecule has 2 amide bonds. The van der Waals surface area contributed by atoms with E-state index in [4.69, 9.17) is 9.47 Å². The van der Waals surface area contributed by atoms with Gasteiger partial charge in [-0.1, -0.05) is 5.21 Å². The van der Waals surface area contributed by atoms with Crippen molar-refractivity contribution in [2.45, 2.75) is 51.2 Å². The fourth-order valence-corrected chi connectivity index (χ4v) is 3.16. The highest BCUT2D eigenvalue weighted by atomic mass is 16.5. The monoisotopic (exact) mass is 368 g/mol. The van der Waals surface area contributed by atoms with Crippen LogP contribution in [0.15, 0.2) is 6.20 Å². The molecule has 0 aromatic carbocycles. The first-order valence-corrected chi connectivity index (χ1v) is 9.07. The summed E-state index contributed by atoms with van der Waals surface area (Å²) in [5.41, 5.74) is 0.882. The molecule has 0 aliphatic carbocycles. The van der Waals surface area contributed by atoms with Gasteiger partial charge >= 0.3 is 6.03 Å². The third kappa shape index (κ3) is 5.13. The highest BCUT2D eigenvalue weighted by Gasteiger charge is 2.37. The second-order valence-corrected chi connectivity index (χ2v) is 7.06. The lowest BCUT2D eigenvalue weighted by Gasteiger charge is -2.25. The van der Waals surface area contributed by atoms with Crippen LogP contribution >= 0.6 is 0 Å². The van der Waals surface area contributed by atoms with E-state index in [1.807, 2.05) is 20.0 Å². The molecule has 3 N–H and O–H groups in total. The summed E-state index contributed by atoms with van der Waals surface area (Å²) in [7, 11) is 0. The molecule has 2 fully saturated rings. The number of hydrogen-bond donors (Lipinski definition) is 3. The number of morpholine rings is 1. The van der Waals surface area contributed by atoms with E-state index >= 15 is 0 Å². The van der Waals surface area contributed by atoms with Crippen LogP contribution in [0.4, 0.5) is 4.79 Å². The summed E-state index contributed by atoms with van der Waals surface area (Å²) in [5, 5.41) is 24.0. The molecule has 0 radical (unpaired) electrons. The molecule has 1 aromatic heterocycles. The van der Waals surface area contributed by atoms with E-state index in [9.17, 15) is 9.90 Å². The zero-order valence-corrected chi connectivity index (χ0v) is 15.3. The van der Waals surface area contributed by atoms with Gasteiger partial charge in [-0.05, 0) is 13.8 Å². The van der Waals surface area contributed by atoms with E-state index in [0.717, 1.165) is 38.5 Å². The molecule has 0 unspecified atom stereocenters. The quantitative estimate of drug-likeness (QED) is 0.587. The van der Waals surface area contributed by atoms with E-state index in [-0.39, 0.29) is 24.8 Å². The number of carbonyl (C=O) groups excluding carboxylic acids is 1. The zero-order valence-electron chi connectivity index (χ0n) is 15.3. The predicted molar refractivity (Wildman–Crippen MR) is 92.5 cm³/mol. The van der Waals surface area contributed by atoms with Crippen LogP contribution in [0.2, 0.25) is 0 Å². The number of hydrogen-bond acceptors (Lipinski definition) is 7. The Morgan fingerprint density at radius 1 is 1.42 bits per heavy atom. The Morgan fingerprint density at radius 3 is 2.92 bits per heavy atom. The maximum atomic E-state index is 11.9. The summed E-state index contributed by atoms with van der Waals surface area (Å²) >= 11 is 0. The van der Waals surface area contributed by atoms with Crippen molar-refractivity contribution in [1.82, 2.24) is 30.5 Å². The number of aliphatic hydroxyl groups is 1. The van der Waals surface area contributed by atoms with E-state index in [1.54, 1.807) is 4.68 Å². The van der Waals surface area contributed by atoms with Gasteiger partial charge in [-0.3, -0.25) is 4.90 Å². The lowest BCUT2D eigenvalue weighted by Crippen LogP contribution is -2.52. The van der Waals surface area contributed by atoms with Crippen LogP contribution in [0.25, 0.3) is 0 Å². The number of ether oxygens (including phenoxy) is 2. The van der Waals surface area contributed by atoms with Gasteiger partial charge in [-0.25, -0.2) is 9.48 Å². The normalized spacial score (nSPS) is 27.0. The Balaban J connectivity index is 1.54. The number of amides is 2. The van der Waals surface area contributed by atoms with Crippen molar-refractivity contribution in [3.63, 3.8) is 0 Å². The fourth-order valence-electron chi connectivity index (χ4n) is 3.16. The maximum Gasteiger partial charge on any atom is 0.315 e. The van der Waals surface area contributed by atoms with Crippen molar-refractivity contribution in [2.24, 2.45) is 0 Å². The molecular formula is C16H28N6O4. The number of nitrogens with one attached hydrogen (secondary N) is 2. The maximum absolute atomic E-state index is 11.9. The number of aromatic nitrogens is 3. The first-order valence-electron chi connectivity index (χ1n) is 9.07. The van der Waals surface area contributed by atoms with Crippen LogP contribution in [0.1, 0.15) is 19.5 Å². The van der Waals surface area contributed by atoms with Crippen LogP contribution in [0, 0.1) is 0 Å². The molecule has 0 bridgehead atoms. The zero-order chi connectivity index (χ0) is 18.5. The Bertz CT molecular complexity index is 589. The van der Waals surface area contributed by atoms with Crippen LogP contribution < -0.4 is 10.6 Å². The van der Waals surface area contributed by atoms with Gasteiger partial charge in [0.15, 0.2) is 0 Å². The largest absolute Gasteiger partial charge is 0.388 e. The summed E-state index contributed by atoms with van der Waals surface area (Å²) in [6.45, 7) is 8.36. The standard InChI is InChI=1S/C16H28N6O4/c1-11(2)17-16(24)18-15-13(23)10-26-14(15)9-22-8-12(19-20-22)7-21-3-5-25-6-4-21/h8,11,13-15,23H,3-7,9-10H2,1-2H3,(H2,17,18,24)/t13-,14+,15+/m0/s1. The smallest absolute Gasteiger partial charge is 0.315 e. The highest BCUT2D eigenvalue weighted by Crippen LogP contribution is 2.16. The van der Waals surface area contributed by atoms with Crippen molar-refractivity contribution >= 4 is 6.03 Å². The van der Waals surface area contributed by atoms with Crippen molar-refractivity contribution in [2.75, 3.05) is 32.9 Å². The average molecular weight is 368 g/mol. The second-order valence-electron chi connectivity index (χ2n) is 7.06. The molecule has 2 aliphatic heterocycles. The molecule has 26 heavy (non-hydrogen) atoms. The lowest BCUT2D eigenvalue weighted by molar-refractivity contribution is 0.0336. The Hall–Kier alpha value is -1.75. The first-order chi connectivity index (χ1) is 12.5. The van der Waals surface area contributed by atoms with Gasteiger partial charge in [0, 0.05) is 31.9 Å². The van der Waals surface area contributed by atoms with E-state index < -0.39 is 12.1 Å². The van der Waals surface area contributed by atoms with Crippen LogP contribution in [-0.2, 0) is 22.6 Å². The average Bonchev–Trinajstić information content (AvgIpc) is 3.17. The summed E-state index contributed by atoms with van der Waals surface area (Å²) in [5.74, 6) is 0. The van der Waals surface area contributed by atoms with Crippen LogP contribution in [0.5, 0.6) is 0 Å². The Kier molecular flexibility index (Phi) is 6.41. The molecule has 146 valence electrons. The van der Waals surface area contributed by atoms with Gasteiger partial charge in [-0.2, -0.15) is 0 Å². The molecule has 3 rings (SSSR count). The van der Waals surface area contributed by atoms with Gasteiger partial charge in [0.05, 0.1) is 38.1 Å². The van der Waals surface area contributed by atoms with Crippen LogP contribution in [0.3, 0.4) is 0 Å². The van der Waals surface area contributed by atoms with Crippen molar-refractivity contribution in [3.05, 3.63) is 11.9 Å². The van der Waals surface area contributed by atoms with E-state index in [1.165, 1.54) is 0 Å². The fraction of sp³-hybridized carbons (Fsp3) is 0.812. The van der Waals surface area contributed by atoms with Gasteiger partial charge in [0.1, 0.15) is 12.2 Å². The van der Waals surface area contributed by atoms with Gasteiger partial charge in [0.25, 0.3) is 0 Å². The van der Waals surface area contributed by atoms with Gasteiger partial charge < -0.3 is 25.2 Å². The molecule has 10 heteroatoms.